The maximum atomic E-state index is 13.9. The first-order valence-corrected chi connectivity index (χ1v) is 22.1. The minimum absolute atomic E-state index is 0.0304. The van der Waals surface area contributed by atoms with Crippen molar-refractivity contribution in [3.8, 4) is 17.2 Å². The summed E-state index contributed by atoms with van der Waals surface area (Å²) in [6.07, 6.45) is 12.1. The fraction of sp³-hybridized carbons (Fsp3) is 0.378. The lowest BCUT2D eigenvalue weighted by Gasteiger charge is -2.36. The SMILES string of the molecule is CC(C)Oc1ccccc1C1CCCN1C1CC=C(c2ccc(C(=O)NS(=O)(=O)c3ccc(NCC4CCOCC4)c([N+](=O)[O-])c3)c(Oc3cnc4[nH]ccc4c3)c2)CC1. The number of nitrogens with one attached hydrogen (secondary N) is 3. The van der Waals surface area contributed by atoms with Crippen molar-refractivity contribution >= 4 is 43.9 Å². The quantitative estimate of drug-likeness (QED) is 0.0720. The number of allylic oxidation sites excluding steroid dienone is 1. The number of hydrogen-bond donors (Lipinski definition) is 3. The molecule has 2 fully saturated rings. The Bertz CT molecular complexity index is 2510. The fourth-order valence-electron chi connectivity index (χ4n) is 8.58. The second kappa shape index (κ2) is 17.8. The van der Waals surface area contributed by atoms with Crippen molar-refractivity contribution in [2.24, 2.45) is 5.92 Å². The first-order valence-electron chi connectivity index (χ1n) is 20.7. The van der Waals surface area contributed by atoms with Crippen LogP contribution in [-0.4, -0.2) is 72.6 Å². The molecule has 60 heavy (non-hydrogen) atoms. The standard InChI is InChI=1S/C45H50N6O8S/c1-29(2)58-42-8-4-3-6-37(42)40-7-5-21-50(40)34-12-9-31(10-13-34)32-11-15-38(43(25-32)59-35-24-33-17-20-46-44(33)48-28-35)45(52)49-60(55,56)36-14-16-39(41(26-36)51(53)54)47-27-30-18-22-57-23-19-30/h3-4,6,8-9,11,14-17,20,24-26,28-30,34,40,47H,5,7,10,12-13,18-19,21-23,27H2,1-2H3,(H,46,48)(H,49,52). The summed E-state index contributed by atoms with van der Waals surface area (Å²) >= 11 is 0. The van der Waals surface area contributed by atoms with E-state index in [-0.39, 0.29) is 35.1 Å². The summed E-state index contributed by atoms with van der Waals surface area (Å²) in [5.41, 5.74) is 3.61. The molecule has 5 aromatic rings. The maximum absolute atomic E-state index is 13.9. The van der Waals surface area contributed by atoms with Gasteiger partial charge in [0.2, 0.25) is 0 Å². The third-order valence-corrected chi connectivity index (χ3v) is 12.9. The first-order chi connectivity index (χ1) is 29.0. The monoisotopic (exact) mass is 834 g/mol. The van der Waals surface area contributed by atoms with Crippen LogP contribution in [0, 0.1) is 16.0 Å². The Morgan fingerprint density at radius 2 is 1.87 bits per heavy atom. The Balaban J connectivity index is 1.03. The molecule has 3 aliphatic rings. The van der Waals surface area contributed by atoms with E-state index in [2.05, 4.69) is 63.0 Å². The van der Waals surface area contributed by atoms with Crippen molar-refractivity contribution in [1.29, 1.82) is 0 Å². The molecular formula is C45H50N6O8S. The smallest absolute Gasteiger partial charge is 0.293 e. The number of rotatable bonds is 14. The zero-order valence-electron chi connectivity index (χ0n) is 33.8. The van der Waals surface area contributed by atoms with Crippen LogP contribution in [0.1, 0.15) is 86.3 Å². The molecular weight excluding hydrogens is 785 g/mol. The number of anilines is 1. The molecule has 2 unspecified atom stereocenters. The van der Waals surface area contributed by atoms with Crippen LogP contribution >= 0.6 is 0 Å². The van der Waals surface area contributed by atoms with Crippen molar-refractivity contribution in [1.82, 2.24) is 19.6 Å². The summed E-state index contributed by atoms with van der Waals surface area (Å²) in [5.74, 6) is 0.767. The van der Waals surface area contributed by atoms with Crippen LogP contribution in [-0.2, 0) is 14.8 Å². The second-order valence-corrected chi connectivity index (χ2v) is 17.6. The molecule has 0 bridgehead atoms. The molecule has 1 amide bonds. The van der Waals surface area contributed by atoms with E-state index in [1.54, 1.807) is 30.5 Å². The molecule has 2 aromatic heterocycles. The van der Waals surface area contributed by atoms with E-state index in [9.17, 15) is 23.3 Å². The van der Waals surface area contributed by atoms with Gasteiger partial charge in [0.25, 0.3) is 21.6 Å². The molecule has 14 nitrogen and oxygen atoms in total. The number of para-hydroxylation sites is 1. The van der Waals surface area contributed by atoms with Crippen molar-refractivity contribution in [2.45, 2.75) is 81.9 Å². The van der Waals surface area contributed by atoms with Gasteiger partial charge in [0.15, 0.2) is 0 Å². The zero-order chi connectivity index (χ0) is 41.8. The predicted octanol–water partition coefficient (Wildman–Crippen LogP) is 8.78. The number of nitro groups is 1. The van der Waals surface area contributed by atoms with E-state index in [0.717, 1.165) is 79.8 Å². The molecule has 0 saturated carbocycles. The number of carbonyl (C=O) groups is 1. The van der Waals surface area contributed by atoms with Crippen molar-refractivity contribution < 1.29 is 32.3 Å². The molecule has 0 radical (unpaired) electrons. The lowest BCUT2D eigenvalue weighted by atomic mass is 9.88. The number of nitrogens with zero attached hydrogens (tertiary/aromatic N) is 3. The maximum Gasteiger partial charge on any atom is 0.293 e. The zero-order valence-corrected chi connectivity index (χ0v) is 34.6. The molecule has 8 rings (SSSR count). The van der Waals surface area contributed by atoms with E-state index in [4.69, 9.17) is 14.2 Å². The lowest BCUT2D eigenvalue weighted by Crippen LogP contribution is -2.36. The van der Waals surface area contributed by atoms with Crippen LogP contribution in [0.5, 0.6) is 17.2 Å². The molecule has 2 atom stereocenters. The van der Waals surface area contributed by atoms with E-state index < -0.39 is 31.4 Å². The third-order valence-electron chi connectivity index (χ3n) is 11.6. The lowest BCUT2D eigenvalue weighted by molar-refractivity contribution is -0.384. The molecule has 314 valence electrons. The van der Waals surface area contributed by atoms with Gasteiger partial charge < -0.3 is 24.5 Å². The molecule has 4 heterocycles. The highest BCUT2D eigenvalue weighted by molar-refractivity contribution is 7.90. The van der Waals surface area contributed by atoms with Gasteiger partial charge in [0.05, 0.1) is 27.7 Å². The number of aromatic nitrogens is 2. The van der Waals surface area contributed by atoms with Crippen LogP contribution in [0.2, 0.25) is 0 Å². The number of H-pyrrole nitrogens is 1. The van der Waals surface area contributed by atoms with Gasteiger partial charge in [-0.3, -0.25) is 19.8 Å². The molecule has 3 aromatic carbocycles. The first kappa shape index (κ1) is 41.0. The number of carbonyl (C=O) groups excluding carboxylic acids is 1. The number of benzene rings is 3. The van der Waals surface area contributed by atoms with E-state index in [1.807, 2.05) is 12.1 Å². The summed E-state index contributed by atoms with van der Waals surface area (Å²) in [6.45, 7) is 6.86. The van der Waals surface area contributed by atoms with Crippen LogP contribution in [0.25, 0.3) is 16.6 Å². The van der Waals surface area contributed by atoms with Crippen molar-refractivity contribution in [2.75, 3.05) is 31.6 Å². The van der Waals surface area contributed by atoms with Crippen molar-refractivity contribution in [3.63, 3.8) is 0 Å². The van der Waals surface area contributed by atoms with Gasteiger partial charge in [-0.05, 0) is 125 Å². The van der Waals surface area contributed by atoms with E-state index in [1.165, 1.54) is 23.9 Å². The van der Waals surface area contributed by atoms with Gasteiger partial charge in [-0.1, -0.05) is 30.3 Å². The van der Waals surface area contributed by atoms with Gasteiger partial charge in [-0.2, -0.15) is 0 Å². The Kier molecular flexibility index (Phi) is 12.2. The number of fused-ring (bicyclic) bond motifs is 1. The average molecular weight is 835 g/mol. The van der Waals surface area contributed by atoms with Crippen LogP contribution < -0.4 is 19.5 Å². The van der Waals surface area contributed by atoms with Crippen LogP contribution in [0.15, 0.2) is 96.2 Å². The van der Waals surface area contributed by atoms with Crippen molar-refractivity contribution in [3.05, 3.63) is 118 Å². The van der Waals surface area contributed by atoms with Gasteiger partial charge in [0, 0.05) is 55.1 Å². The highest BCUT2D eigenvalue weighted by Crippen LogP contribution is 2.42. The summed E-state index contributed by atoms with van der Waals surface area (Å²) in [5, 5.41) is 16.0. The Morgan fingerprint density at radius 1 is 1.03 bits per heavy atom. The van der Waals surface area contributed by atoms with Gasteiger partial charge in [-0.25, -0.2) is 18.1 Å². The topological polar surface area (TPSA) is 178 Å². The number of hydrogen-bond acceptors (Lipinski definition) is 11. The van der Waals surface area contributed by atoms with Gasteiger partial charge >= 0.3 is 0 Å². The van der Waals surface area contributed by atoms with Gasteiger partial charge in [0.1, 0.15) is 28.6 Å². The predicted molar refractivity (Wildman–Crippen MR) is 229 cm³/mol. The second-order valence-electron chi connectivity index (χ2n) is 16.0. The highest BCUT2D eigenvalue weighted by Gasteiger charge is 2.34. The number of sulfonamides is 1. The molecule has 2 saturated heterocycles. The number of amides is 1. The number of nitro benzene ring substituents is 1. The Hall–Kier alpha value is -5.77. The number of aromatic amines is 1. The normalized spacial score (nSPS) is 18.9. The molecule has 0 spiro atoms. The Morgan fingerprint density at radius 3 is 2.65 bits per heavy atom. The third kappa shape index (κ3) is 9.18. The Labute approximate surface area is 349 Å². The number of ether oxygens (including phenoxy) is 3. The fourth-order valence-corrected chi connectivity index (χ4v) is 9.56. The molecule has 2 aliphatic heterocycles. The molecule has 3 N–H and O–H groups in total. The number of likely N-dealkylation sites (tertiary alicyclic amines) is 1. The minimum atomic E-state index is -4.55. The summed E-state index contributed by atoms with van der Waals surface area (Å²) in [7, 11) is -4.55. The van der Waals surface area contributed by atoms with Crippen LogP contribution in [0.3, 0.4) is 0 Å². The highest BCUT2D eigenvalue weighted by atomic mass is 32.2. The minimum Gasteiger partial charge on any atom is -0.491 e. The van der Waals surface area contributed by atoms with E-state index in [0.29, 0.717) is 37.2 Å². The van der Waals surface area contributed by atoms with Crippen LogP contribution in [0.4, 0.5) is 11.4 Å². The summed E-state index contributed by atoms with van der Waals surface area (Å²) in [6, 6.07) is 21.3. The number of pyridine rings is 1. The largest absolute Gasteiger partial charge is 0.491 e. The summed E-state index contributed by atoms with van der Waals surface area (Å²) in [4.78, 5) is 35.0. The van der Waals surface area contributed by atoms with E-state index >= 15 is 0 Å². The molecule has 15 heteroatoms. The van der Waals surface area contributed by atoms with Gasteiger partial charge in [-0.15, -0.1) is 0 Å². The average Bonchev–Trinajstić information content (AvgIpc) is 3.93. The summed E-state index contributed by atoms with van der Waals surface area (Å²) < 4.78 is 47.4. The molecule has 1 aliphatic carbocycles.